The highest BCUT2D eigenvalue weighted by Gasteiger charge is 2.45. The van der Waals surface area contributed by atoms with Crippen LogP contribution in [-0.4, -0.2) is 85.7 Å². The van der Waals surface area contributed by atoms with Gasteiger partial charge in [-0.1, -0.05) is 75.7 Å². The molecule has 3 atom stereocenters. The number of aromatic nitrogens is 4. The number of pyridine rings is 1. The second-order valence-corrected chi connectivity index (χ2v) is 26.8. The highest BCUT2D eigenvalue weighted by molar-refractivity contribution is 6.76. The number of rotatable bonds is 17. The van der Waals surface area contributed by atoms with Gasteiger partial charge in [-0.3, -0.25) is 10.3 Å². The number of fused-ring (bicyclic) bond motifs is 1. The third kappa shape index (κ3) is 10.6. The van der Waals surface area contributed by atoms with Gasteiger partial charge in [0.15, 0.2) is 24.8 Å². The average molecular weight is 717 g/mol. The van der Waals surface area contributed by atoms with Gasteiger partial charge in [0.25, 0.3) is 0 Å². The van der Waals surface area contributed by atoms with Gasteiger partial charge in [0.1, 0.15) is 0 Å². The zero-order chi connectivity index (χ0) is 35.8. The van der Waals surface area contributed by atoms with E-state index in [0.29, 0.717) is 37.4 Å². The smallest absolute Gasteiger partial charge is 0.220 e. The molecule has 50 heavy (non-hydrogen) atoms. The number of hydrogen-bond acceptors (Lipinski definition) is 10. The summed E-state index contributed by atoms with van der Waals surface area (Å²) in [4.78, 5) is 9.68. The molecule has 2 N–H and O–H groups in total. The summed E-state index contributed by atoms with van der Waals surface area (Å²) in [5, 5.41) is 29.7. The first kappa shape index (κ1) is 37.9. The van der Waals surface area contributed by atoms with Crippen molar-refractivity contribution in [3.05, 3.63) is 72.8 Å². The van der Waals surface area contributed by atoms with Gasteiger partial charge in [0, 0.05) is 70.4 Å². The summed E-state index contributed by atoms with van der Waals surface area (Å²) in [6, 6.07) is 20.0. The van der Waals surface area contributed by atoms with Gasteiger partial charge in [0.2, 0.25) is 6.41 Å². The van der Waals surface area contributed by atoms with E-state index in [1.165, 1.54) is 0 Å². The van der Waals surface area contributed by atoms with Gasteiger partial charge >= 0.3 is 0 Å². The van der Waals surface area contributed by atoms with Crippen molar-refractivity contribution in [2.75, 3.05) is 26.8 Å². The van der Waals surface area contributed by atoms with Crippen molar-refractivity contribution in [3.8, 4) is 28.5 Å². The molecule has 3 aromatic heterocycles. The van der Waals surface area contributed by atoms with E-state index in [0.717, 1.165) is 34.5 Å². The normalized spacial score (nSPS) is 20.0. The summed E-state index contributed by atoms with van der Waals surface area (Å²) >= 11 is 0. The minimum absolute atomic E-state index is 0.0821. The number of ether oxygens (including phenoxy) is 4. The molecule has 0 bridgehead atoms. The first-order valence-electron chi connectivity index (χ1n) is 17.5. The second kappa shape index (κ2) is 16.8. The molecule has 0 saturated heterocycles. The van der Waals surface area contributed by atoms with Crippen LogP contribution in [-0.2, 0) is 18.9 Å². The molecule has 0 spiro atoms. The number of nitrogens with one attached hydrogen (secondary N) is 1. The minimum atomic E-state index is -1.58. The summed E-state index contributed by atoms with van der Waals surface area (Å²) in [6.45, 7) is 15.3. The van der Waals surface area contributed by atoms with Crippen LogP contribution in [0.25, 0.3) is 28.0 Å². The fraction of sp³-hybridized carbons (Fsp3) is 0.514. The Morgan fingerprint density at radius 1 is 0.940 bits per heavy atom. The van der Waals surface area contributed by atoms with Gasteiger partial charge in [-0.25, -0.2) is 9.50 Å². The van der Waals surface area contributed by atoms with Gasteiger partial charge in [-0.15, -0.1) is 0 Å². The van der Waals surface area contributed by atoms with Crippen LogP contribution in [0.15, 0.2) is 67.1 Å². The quantitative estimate of drug-likeness (QED) is 0.0515. The van der Waals surface area contributed by atoms with Gasteiger partial charge in [-0.2, -0.15) is 10.4 Å². The molecule has 5 rings (SSSR count). The lowest BCUT2D eigenvalue weighted by Crippen LogP contribution is -2.50. The highest BCUT2D eigenvalue weighted by Crippen LogP contribution is 2.41. The molecule has 4 aromatic rings. The maximum Gasteiger partial charge on any atom is 0.220 e. The molecule has 3 unspecified atom stereocenters. The lowest BCUT2D eigenvalue weighted by atomic mass is 9.72. The molecule has 1 aliphatic rings. The van der Waals surface area contributed by atoms with Gasteiger partial charge in [0.05, 0.1) is 23.7 Å². The van der Waals surface area contributed by atoms with E-state index >= 15 is 0 Å². The molecular weight excluding hydrogens is 665 g/mol. The van der Waals surface area contributed by atoms with Crippen LogP contribution in [0.3, 0.4) is 0 Å². The fourth-order valence-corrected chi connectivity index (χ4v) is 7.37. The molecule has 13 heteroatoms. The van der Waals surface area contributed by atoms with Crippen molar-refractivity contribution in [2.24, 2.45) is 0 Å². The summed E-state index contributed by atoms with van der Waals surface area (Å²) in [5.74, 6) is -0.563. The molecule has 268 valence electrons. The van der Waals surface area contributed by atoms with Crippen LogP contribution in [0.5, 0.6) is 0 Å². The maximum absolute atomic E-state index is 11.6. The summed E-state index contributed by atoms with van der Waals surface area (Å²) in [6.07, 6.45) is 5.90. The zero-order valence-electron chi connectivity index (χ0n) is 30.3. The van der Waals surface area contributed by atoms with Crippen molar-refractivity contribution in [2.45, 2.75) is 94.6 Å². The highest BCUT2D eigenvalue weighted by atomic mass is 28.3. The Balaban J connectivity index is 1.30. The molecule has 11 nitrogen and oxygen atoms in total. The SMILES string of the molecule is C[Si](C)(C)CCOCOC(NC1CCC(O)(C#N)C(c2ccn3ncc(-c4ccc(-c5ccccc5)nc4)c3n2)C1)OCOCC[Si](C)(C)C. The van der Waals surface area contributed by atoms with E-state index in [1.54, 1.807) is 10.7 Å². The van der Waals surface area contributed by atoms with Crippen LogP contribution in [0, 0.1) is 11.3 Å². The van der Waals surface area contributed by atoms with E-state index in [1.807, 2.05) is 60.9 Å². The van der Waals surface area contributed by atoms with Crippen molar-refractivity contribution in [1.82, 2.24) is 24.9 Å². The monoisotopic (exact) mass is 716 g/mol. The van der Waals surface area contributed by atoms with Gasteiger partial charge < -0.3 is 24.1 Å². The van der Waals surface area contributed by atoms with Crippen LogP contribution < -0.4 is 5.32 Å². The Morgan fingerprint density at radius 3 is 2.22 bits per heavy atom. The molecule has 1 saturated carbocycles. The third-order valence-corrected chi connectivity index (χ3v) is 12.4. The molecule has 1 aliphatic carbocycles. The Labute approximate surface area is 298 Å². The van der Waals surface area contributed by atoms with Crippen LogP contribution in [0.2, 0.25) is 51.4 Å². The minimum Gasteiger partial charge on any atom is -0.375 e. The predicted molar refractivity (Wildman–Crippen MR) is 200 cm³/mol. The molecule has 0 aliphatic heterocycles. The Bertz CT molecular complexity index is 1680. The number of aliphatic hydroxyl groups is 1. The van der Waals surface area contributed by atoms with Crippen molar-refractivity contribution in [1.29, 1.82) is 5.26 Å². The summed E-state index contributed by atoms with van der Waals surface area (Å²) in [7, 11) is -2.46. The molecule has 1 fully saturated rings. The molecule has 3 heterocycles. The van der Waals surface area contributed by atoms with Crippen LogP contribution in [0.1, 0.15) is 30.9 Å². The largest absolute Gasteiger partial charge is 0.375 e. The molecular formula is C37H52N6O5Si2. The molecule has 0 amide bonds. The Morgan fingerprint density at radius 2 is 1.62 bits per heavy atom. The fourth-order valence-electron chi connectivity index (χ4n) is 5.86. The molecule has 0 radical (unpaired) electrons. The maximum atomic E-state index is 11.6. The topological polar surface area (TPSA) is 136 Å². The predicted octanol–water partition coefficient (Wildman–Crippen LogP) is 6.88. The van der Waals surface area contributed by atoms with Crippen molar-refractivity contribution >= 4 is 21.8 Å². The summed E-state index contributed by atoms with van der Waals surface area (Å²) < 4.78 is 25.3. The van der Waals surface area contributed by atoms with E-state index in [4.69, 9.17) is 23.9 Å². The number of nitriles is 1. The van der Waals surface area contributed by atoms with E-state index < -0.39 is 34.1 Å². The Hall–Kier alpha value is -3.33. The summed E-state index contributed by atoms with van der Waals surface area (Å²) in [5.41, 5.74) is 3.27. The number of nitrogens with zero attached hydrogens (tertiary/aromatic N) is 5. The second-order valence-electron chi connectivity index (χ2n) is 15.5. The van der Waals surface area contributed by atoms with E-state index in [2.05, 4.69) is 60.8 Å². The van der Waals surface area contributed by atoms with E-state index in [9.17, 15) is 10.4 Å². The lowest BCUT2D eigenvalue weighted by molar-refractivity contribution is -0.243. The lowest BCUT2D eigenvalue weighted by Gasteiger charge is -2.39. The Kier molecular flexibility index (Phi) is 12.7. The number of benzene rings is 1. The van der Waals surface area contributed by atoms with Crippen molar-refractivity contribution in [3.63, 3.8) is 0 Å². The molecule has 1 aromatic carbocycles. The average Bonchev–Trinajstić information content (AvgIpc) is 3.51. The first-order chi connectivity index (χ1) is 23.8. The first-order valence-corrected chi connectivity index (χ1v) is 24.9. The standard InChI is InChI=1S/C37H52N6O5Si2/c1-49(2,3)20-18-45-26-47-36(48-27-46-19-21-50(4,5)6)41-30-14-16-37(44,25-38)32(22-30)34-15-17-43-35(42-34)31(24-40-43)29-12-13-33(39-23-29)28-10-8-7-9-11-28/h7-13,15,17,23-24,30,32,36,41,44H,14,16,18-22,26-27H2,1-6H3. The van der Waals surface area contributed by atoms with Crippen LogP contribution >= 0.6 is 0 Å². The third-order valence-electron chi connectivity index (χ3n) is 9.03. The van der Waals surface area contributed by atoms with Crippen LogP contribution in [0.4, 0.5) is 0 Å². The van der Waals surface area contributed by atoms with Crippen molar-refractivity contribution < 1.29 is 24.1 Å². The van der Waals surface area contributed by atoms with E-state index in [-0.39, 0.29) is 26.0 Å². The van der Waals surface area contributed by atoms with Gasteiger partial charge in [-0.05, 0) is 43.5 Å². The zero-order valence-corrected chi connectivity index (χ0v) is 32.3. The number of hydrogen-bond donors (Lipinski definition) is 2.